The minimum atomic E-state index is -0.255. The molecule has 2 aromatic carbocycles. The van der Waals surface area contributed by atoms with E-state index in [0.29, 0.717) is 19.5 Å². The van der Waals surface area contributed by atoms with E-state index in [-0.39, 0.29) is 16.0 Å². The fourth-order valence-corrected chi connectivity index (χ4v) is 3.64. The van der Waals surface area contributed by atoms with Crippen LogP contribution < -0.4 is 5.32 Å². The van der Waals surface area contributed by atoms with Gasteiger partial charge in [0.2, 0.25) is 5.91 Å². The molecule has 5 nitrogen and oxygen atoms in total. The second-order valence-corrected chi connectivity index (χ2v) is 7.29. The van der Waals surface area contributed by atoms with Crippen molar-refractivity contribution in [2.45, 2.75) is 19.4 Å². The van der Waals surface area contributed by atoms with E-state index < -0.39 is 0 Å². The molecule has 0 saturated carbocycles. The molecule has 29 heavy (non-hydrogen) atoms. The van der Waals surface area contributed by atoms with Crippen LogP contribution in [0.4, 0.5) is 4.39 Å². The highest BCUT2D eigenvalue weighted by Crippen LogP contribution is 2.31. The van der Waals surface area contributed by atoms with E-state index in [1.165, 1.54) is 17.7 Å². The summed E-state index contributed by atoms with van der Waals surface area (Å²) in [6, 6.07) is 10.9. The average molecular weight is 393 g/mol. The molecule has 2 heterocycles. The van der Waals surface area contributed by atoms with Gasteiger partial charge in [-0.05, 0) is 42.3 Å². The molecule has 1 aliphatic rings. The third-order valence-corrected chi connectivity index (χ3v) is 5.29. The normalized spacial score (nSPS) is 13.1. The third kappa shape index (κ3) is 3.66. The summed E-state index contributed by atoms with van der Waals surface area (Å²) >= 11 is 0. The van der Waals surface area contributed by atoms with Gasteiger partial charge < -0.3 is 10.3 Å². The number of aryl methyl sites for hydroxylation is 1. The fourth-order valence-electron chi connectivity index (χ4n) is 3.64. The summed E-state index contributed by atoms with van der Waals surface area (Å²) in [7, 11) is 0. The second kappa shape index (κ2) is 7.20. The molecular weight excluding hydrogens is 367 g/mol. The van der Waals surface area contributed by atoms with Gasteiger partial charge in [0.1, 0.15) is 5.82 Å². The Morgan fingerprint density at radius 1 is 1.24 bits per heavy atom. The smallest absolute Gasteiger partial charge is 0.221 e. The molecule has 1 radical (unpaired) electrons. The van der Waals surface area contributed by atoms with E-state index in [1.807, 2.05) is 29.2 Å². The monoisotopic (exact) mass is 393 g/mol. The number of H-pyrrole nitrogens is 1. The molecule has 0 unspecified atom stereocenters. The van der Waals surface area contributed by atoms with Gasteiger partial charge in [0.05, 0.1) is 18.3 Å². The number of nitrogens with one attached hydrogen (secondary N) is 2. The summed E-state index contributed by atoms with van der Waals surface area (Å²) in [6.45, 7) is 1.22. The standard InChI is InChI=1S/C23H20FN4O.3H2/c24-18-4-5-19-20(14-26-21(19)12-18)16-3-6-22-17(11-16)13-27-28(22)10-8-23(29)25-9-7-15-1-2-15;;;/h1-6,11-14,26H,7-10H2,(H,25,29);3*1H. The second-order valence-electron chi connectivity index (χ2n) is 7.29. The SMILES string of the molecule is O=C(CCn1ncc2cc(-c3c[nH]c4cc(F)ccc34)ccc21)NCCC1=C[CH]1.[HH].[HH].[HH]. The van der Waals surface area contributed by atoms with Gasteiger partial charge in [0.25, 0.3) is 0 Å². The highest BCUT2D eigenvalue weighted by Gasteiger charge is 2.11. The number of rotatable bonds is 7. The van der Waals surface area contributed by atoms with Gasteiger partial charge >= 0.3 is 0 Å². The van der Waals surface area contributed by atoms with Gasteiger partial charge in [0.15, 0.2) is 0 Å². The van der Waals surface area contributed by atoms with E-state index >= 15 is 0 Å². The van der Waals surface area contributed by atoms with Crippen LogP contribution in [0.1, 0.15) is 17.1 Å². The molecule has 0 bridgehead atoms. The van der Waals surface area contributed by atoms with Gasteiger partial charge in [-0.2, -0.15) is 5.10 Å². The van der Waals surface area contributed by atoms with E-state index in [1.54, 1.807) is 6.07 Å². The maximum atomic E-state index is 13.4. The van der Waals surface area contributed by atoms with E-state index in [2.05, 4.69) is 34.0 Å². The maximum absolute atomic E-state index is 13.4. The van der Waals surface area contributed by atoms with Gasteiger partial charge in [-0.3, -0.25) is 9.48 Å². The van der Waals surface area contributed by atoms with Crippen molar-refractivity contribution in [2.75, 3.05) is 6.54 Å². The molecule has 0 saturated heterocycles. The Morgan fingerprint density at radius 3 is 3.00 bits per heavy atom. The van der Waals surface area contributed by atoms with Crippen molar-refractivity contribution in [1.82, 2.24) is 20.1 Å². The summed E-state index contributed by atoms with van der Waals surface area (Å²) in [5.74, 6) is -0.216. The molecule has 4 aromatic rings. The van der Waals surface area contributed by atoms with Crippen LogP contribution in [-0.4, -0.2) is 27.2 Å². The first-order valence-corrected chi connectivity index (χ1v) is 9.70. The van der Waals surface area contributed by atoms with E-state index in [4.69, 9.17) is 0 Å². The summed E-state index contributed by atoms with van der Waals surface area (Å²) in [5.41, 5.74) is 5.14. The van der Waals surface area contributed by atoms with Gasteiger partial charge in [0, 0.05) is 51.7 Å². The zero-order valence-electron chi connectivity index (χ0n) is 15.8. The molecule has 0 spiro atoms. The quantitative estimate of drug-likeness (QED) is 0.459. The molecule has 0 atom stereocenters. The van der Waals surface area contributed by atoms with Gasteiger partial charge in [-0.1, -0.05) is 17.7 Å². The van der Waals surface area contributed by atoms with Crippen LogP contribution in [0.5, 0.6) is 0 Å². The Bertz CT molecular complexity index is 1260. The Morgan fingerprint density at radius 2 is 2.14 bits per heavy atom. The number of halogens is 1. The number of carbonyl (C=O) groups excluding carboxylic acids is 1. The first kappa shape index (κ1) is 17.7. The molecule has 6 heteroatoms. The van der Waals surface area contributed by atoms with Crippen molar-refractivity contribution in [3.05, 3.63) is 72.7 Å². The highest BCUT2D eigenvalue weighted by molar-refractivity contribution is 5.97. The lowest BCUT2D eigenvalue weighted by Gasteiger charge is -2.06. The first-order valence-electron chi connectivity index (χ1n) is 9.70. The number of hydrogen-bond donors (Lipinski definition) is 2. The fraction of sp³-hybridized carbons (Fsp3) is 0.174. The Kier molecular flexibility index (Phi) is 4.39. The number of benzene rings is 2. The highest BCUT2D eigenvalue weighted by atomic mass is 19.1. The summed E-state index contributed by atoms with van der Waals surface area (Å²) in [6.07, 6.45) is 9.14. The molecule has 0 fully saturated rings. The summed E-state index contributed by atoms with van der Waals surface area (Å²) in [5, 5.41) is 9.38. The lowest BCUT2D eigenvalue weighted by molar-refractivity contribution is -0.121. The number of amides is 1. The van der Waals surface area contributed by atoms with E-state index in [9.17, 15) is 9.18 Å². The molecule has 2 N–H and O–H groups in total. The average Bonchev–Trinajstić information content (AvgIpc) is 3.31. The Balaban J connectivity index is 0.00000121. The molecule has 5 rings (SSSR count). The van der Waals surface area contributed by atoms with Crippen LogP contribution in [0, 0.1) is 12.2 Å². The van der Waals surface area contributed by atoms with Gasteiger partial charge in [-0.25, -0.2) is 4.39 Å². The number of nitrogens with zero attached hydrogens (tertiary/aromatic N) is 2. The minimum absolute atomic E-state index is 0. The minimum Gasteiger partial charge on any atom is -0.360 e. The molecule has 151 valence electrons. The third-order valence-electron chi connectivity index (χ3n) is 5.29. The van der Waals surface area contributed by atoms with Crippen LogP contribution in [0.15, 0.2) is 60.4 Å². The maximum Gasteiger partial charge on any atom is 0.221 e. The lowest BCUT2D eigenvalue weighted by atomic mass is 10.0. The number of aromatic nitrogens is 3. The molecular formula is C23H26FN4O. The van der Waals surface area contributed by atoms with Crippen LogP contribution in [-0.2, 0) is 11.3 Å². The first-order chi connectivity index (χ1) is 14.2. The molecule has 1 aliphatic carbocycles. The molecule has 2 aromatic heterocycles. The number of allylic oxidation sites excluding steroid dienone is 1. The van der Waals surface area contributed by atoms with Crippen LogP contribution >= 0.6 is 0 Å². The van der Waals surface area contributed by atoms with Crippen LogP contribution in [0.3, 0.4) is 0 Å². The molecule has 0 aliphatic heterocycles. The van der Waals surface area contributed by atoms with E-state index in [0.717, 1.165) is 39.4 Å². The topological polar surface area (TPSA) is 62.7 Å². The summed E-state index contributed by atoms with van der Waals surface area (Å²) in [4.78, 5) is 15.2. The van der Waals surface area contributed by atoms with Crippen LogP contribution in [0.2, 0.25) is 0 Å². The Hall–Kier alpha value is -3.41. The Labute approximate surface area is 171 Å². The van der Waals surface area contributed by atoms with Crippen molar-refractivity contribution in [3.8, 4) is 11.1 Å². The predicted molar refractivity (Wildman–Crippen MR) is 118 cm³/mol. The number of fused-ring (bicyclic) bond motifs is 2. The van der Waals surface area contributed by atoms with Crippen molar-refractivity contribution >= 4 is 27.7 Å². The predicted octanol–water partition coefficient (Wildman–Crippen LogP) is 5.10. The largest absolute Gasteiger partial charge is 0.360 e. The zero-order valence-corrected chi connectivity index (χ0v) is 15.8. The molecule has 1 amide bonds. The van der Waals surface area contributed by atoms with Crippen molar-refractivity contribution < 1.29 is 13.5 Å². The zero-order chi connectivity index (χ0) is 19.8. The van der Waals surface area contributed by atoms with Crippen molar-refractivity contribution in [3.63, 3.8) is 0 Å². The summed E-state index contributed by atoms with van der Waals surface area (Å²) < 4.78 is 15.3. The number of carbonyl (C=O) groups is 1. The van der Waals surface area contributed by atoms with Crippen molar-refractivity contribution in [1.29, 1.82) is 0 Å². The van der Waals surface area contributed by atoms with Crippen LogP contribution in [0.25, 0.3) is 32.9 Å². The lowest BCUT2D eigenvalue weighted by Crippen LogP contribution is -2.25. The number of hydrogen-bond acceptors (Lipinski definition) is 2. The van der Waals surface area contributed by atoms with Crippen molar-refractivity contribution in [2.24, 2.45) is 0 Å². The number of aromatic amines is 1. The van der Waals surface area contributed by atoms with Gasteiger partial charge in [-0.15, -0.1) is 0 Å².